The molecule has 0 heterocycles. The Hall–Kier alpha value is -1.95. The van der Waals surface area contributed by atoms with Crippen LogP contribution in [0.3, 0.4) is 0 Å². The Bertz CT molecular complexity index is 461. The second-order valence-corrected chi connectivity index (χ2v) is 4.13. The minimum atomic E-state index is -1.11. The van der Waals surface area contributed by atoms with Crippen molar-refractivity contribution in [3.8, 4) is 0 Å². The predicted octanol–water partition coefficient (Wildman–Crippen LogP) is 1.93. The highest BCUT2D eigenvalue weighted by molar-refractivity contribution is 6.34. The molecule has 0 spiro atoms. The van der Waals surface area contributed by atoms with Gasteiger partial charge in [-0.1, -0.05) is 25.4 Å². The molecule has 0 aliphatic rings. The van der Waals surface area contributed by atoms with Crippen LogP contribution in [0.15, 0.2) is 12.1 Å². The summed E-state index contributed by atoms with van der Waals surface area (Å²) in [6, 6.07) is 2.72. The molecule has 6 N–H and O–H groups in total. The molecular weight excluding hydrogens is 260 g/mol. The largest absolute Gasteiger partial charge is 0.481 e. The topological polar surface area (TPSA) is 127 Å². The standard InChI is InChI=1S/C7H7ClN2O2.C4H8O2/c8-4-2-1-3(7(11)12)5(9)6(4)10;1-3(2)4(5)6/h1-2H,9-10H2,(H,11,12);3H,1-2H3,(H,5,6). The molecule has 0 aromatic heterocycles. The van der Waals surface area contributed by atoms with Crippen molar-refractivity contribution < 1.29 is 19.8 Å². The number of hydrogen-bond donors (Lipinski definition) is 4. The summed E-state index contributed by atoms with van der Waals surface area (Å²) in [7, 11) is 0. The molecule has 0 fully saturated rings. The molecule has 1 aromatic rings. The van der Waals surface area contributed by atoms with E-state index in [4.69, 9.17) is 33.3 Å². The second-order valence-electron chi connectivity index (χ2n) is 3.72. The molecule has 0 bridgehead atoms. The summed E-state index contributed by atoms with van der Waals surface area (Å²) >= 11 is 5.59. The zero-order valence-electron chi connectivity index (χ0n) is 9.98. The lowest BCUT2D eigenvalue weighted by molar-refractivity contribution is -0.140. The SMILES string of the molecule is CC(C)C(=O)O.Nc1c(Cl)ccc(C(=O)O)c1N. The third-order valence-electron chi connectivity index (χ3n) is 1.96. The lowest BCUT2D eigenvalue weighted by atomic mass is 10.1. The van der Waals surface area contributed by atoms with Gasteiger partial charge in [0.05, 0.1) is 27.9 Å². The Balaban J connectivity index is 0.000000411. The minimum Gasteiger partial charge on any atom is -0.481 e. The van der Waals surface area contributed by atoms with Gasteiger partial charge < -0.3 is 21.7 Å². The molecule has 0 amide bonds. The highest BCUT2D eigenvalue weighted by Crippen LogP contribution is 2.27. The van der Waals surface area contributed by atoms with Gasteiger partial charge in [0, 0.05) is 0 Å². The van der Waals surface area contributed by atoms with Crippen LogP contribution in [-0.4, -0.2) is 22.2 Å². The van der Waals surface area contributed by atoms with Crippen LogP contribution >= 0.6 is 11.6 Å². The summed E-state index contributed by atoms with van der Waals surface area (Å²) in [6.45, 7) is 3.28. The molecule has 6 nitrogen and oxygen atoms in total. The summed E-state index contributed by atoms with van der Waals surface area (Å²) in [5, 5.41) is 16.9. The van der Waals surface area contributed by atoms with Crippen LogP contribution < -0.4 is 11.5 Å². The Morgan fingerprint density at radius 3 is 1.94 bits per heavy atom. The molecule has 0 aliphatic heterocycles. The van der Waals surface area contributed by atoms with E-state index in [1.807, 2.05) is 0 Å². The molecule has 0 saturated heterocycles. The molecular formula is C11H15ClN2O4. The number of anilines is 2. The summed E-state index contributed by atoms with van der Waals surface area (Å²) in [6.07, 6.45) is 0. The molecule has 0 aliphatic carbocycles. The van der Waals surface area contributed by atoms with Crippen LogP contribution in [0, 0.1) is 5.92 Å². The quantitative estimate of drug-likeness (QED) is 0.610. The van der Waals surface area contributed by atoms with Crippen molar-refractivity contribution in [1.29, 1.82) is 0 Å². The third kappa shape index (κ3) is 4.50. The summed E-state index contributed by atoms with van der Waals surface area (Å²) in [5.74, 6) is -2.09. The van der Waals surface area contributed by atoms with E-state index >= 15 is 0 Å². The summed E-state index contributed by atoms with van der Waals surface area (Å²) in [5.41, 5.74) is 10.9. The predicted molar refractivity (Wildman–Crippen MR) is 69.7 cm³/mol. The average molecular weight is 275 g/mol. The molecule has 7 heteroatoms. The number of carbonyl (C=O) groups is 2. The number of aromatic carboxylic acids is 1. The molecule has 0 atom stereocenters. The van der Waals surface area contributed by atoms with E-state index < -0.39 is 11.9 Å². The van der Waals surface area contributed by atoms with E-state index in [9.17, 15) is 9.59 Å². The van der Waals surface area contributed by atoms with Gasteiger partial charge in [0.25, 0.3) is 0 Å². The first-order valence-electron chi connectivity index (χ1n) is 4.98. The van der Waals surface area contributed by atoms with Crippen molar-refractivity contribution >= 4 is 34.9 Å². The first kappa shape index (κ1) is 16.1. The number of nitrogen functional groups attached to an aromatic ring is 2. The van der Waals surface area contributed by atoms with Crippen molar-refractivity contribution in [2.45, 2.75) is 13.8 Å². The van der Waals surface area contributed by atoms with Gasteiger partial charge in [-0.3, -0.25) is 4.79 Å². The van der Waals surface area contributed by atoms with Gasteiger partial charge in [-0.2, -0.15) is 0 Å². The second kappa shape index (κ2) is 6.70. The van der Waals surface area contributed by atoms with Gasteiger partial charge in [-0.25, -0.2) is 4.79 Å². The normalized spacial score (nSPS) is 9.56. The molecule has 100 valence electrons. The minimum absolute atomic E-state index is 0.00926. The van der Waals surface area contributed by atoms with Gasteiger partial charge in [0.2, 0.25) is 0 Å². The molecule has 0 unspecified atom stereocenters. The summed E-state index contributed by atoms with van der Waals surface area (Å²) in [4.78, 5) is 20.2. The fourth-order valence-electron chi connectivity index (χ4n) is 0.796. The number of rotatable bonds is 2. The maximum Gasteiger partial charge on any atom is 0.337 e. The Morgan fingerprint density at radius 1 is 1.17 bits per heavy atom. The summed E-state index contributed by atoms with van der Waals surface area (Å²) < 4.78 is 0. The molecule has 0 radical (unpaired) electrons. The first-order chi connectivity index (χ1) is 8.18. The van der Waals surface area contributed by atoms with Crippen molar-refractivity contribution in [1.82, 2.24) is 0 Å². The maximum absolute atomic E-state index is 10.5. The van der Waals surface area contributed by atoms with Gasteiger partial charge in [-0.05, 0) is 12.1 Å². The smallest absolute Gasteiger partial charge is 0.337 e. The number of aliphatic carboxylic acids is 1. The van der Waals surface area contributed by atoms with Crippen molar-refractivity contribution in [3.63, 3.8) is 0 Å². The van der Waals surface area contributed by atoms with E-state index in [0.29, 0.717) is 0 Å². The number of carboxylic acid groups (broad SMARTS) is 2. The number of halogens is 1. The van der Waals surface area contributed by atoms with E-state index in [2.05, 4.69) is 0 Å². The lowest BCUT2D eigenvalue weighted by Crippen LogP contribution is -2.05. The zero-order valence-corrected chi connectivity index (χ0v) is 10.7. The van der Waals surface area contributed by atoms with Crippen LogP contribution in [0.2, 0.25) is 5.02 Å². The Morgan fingerprint density at radius 2 is 1.61 bits per heavy atom. The van der Waals surface area contributed by atoms with Crippen LogP contribution in [-0.2, 0) is 4.79 Å². The van der Waals surface area contributed by atoms with Gasteiger partial charge in [0.1, 0.15) is 0 Å². The van der Waals surface area contributed by atoms with E-state index in [-0.39, 0.29) is 27.9 Å². The van der Waals surface area contributed by atoms with E-state index in [1.165, 1.54) is 12.1 Å². The number of nitrogens with two attached hydrogens (primary N) is 2. The van der Waals surface area contributed by atoms with Crippen LogP contribution in [0.4, 0.5) is 11.4 Å². The fraction of sp³-hybridized carbons (Fsp3) is 0.273. The van der Waals surface area contributed by atoms with Crippen molar-refractivity contribution in [2.75, 3.05) is 11.5 Å². The number of benzene rings is 1. The van der Waals surface area contributed by atoms with Gasteiger partial charge in [-0.15, -0.1) is 0 Å². The molecule has 0 saturated carbocycles. The highest BCUT2D eigenvalue weighted by Gasteiger charge is 2.11. The Labute approximate surface area is 109 Å². The molecule has 18 heavy (non-hydrogen) atoms. The molecule has 1 aromatic carbocycles. The molecule has 1 rings (SSSR count). The maximum atomic E-state index is 10.5. The van der Waals surface area contributed by atoms with Crippen LogP contribution in [0.25, 0.3) is 0 Å². The number of hydrogen-bond acceptors (Lipinski definition) is 4. The van der Waals surface area contributed by atoms with Crippen molar-refractivity contribution in [2.24, 2.45) is 5.92 Å². The average Bonchev–Trinajstić information content (AvgIpc) is 2.26. The van der Waals surface area contributed by atoms with Gasteiger partial charge >= 0.3 is 11.9 Å². The van der Waals surface area contributed by atoms with Crippen molar-refractivity contribution in [3.05, 3.63) is 22.7 Å². The van der Waals surface area contributed by atoms with E-state index in [1.54, 1.807) is 13.8 Å². The van der Waals surface area contributed by atoms with Crippen LogP contribution in [0.5, 0.6) is 0 Å². The zero-order chi connectivity index (χ0) is 14.5. The first-order valence-corrected chi connectivity index (χ1v) is 5.35. The highest BCUT2D eigenvalue weighted by atomic mass is 35.5. The lowest BCUT2D eigenvalue weighted by Gasteiger charge is -2.04. The monoisotopic (exact) mass is 274 g/mol. The number of carboxylic acids is 2. The Kier molecular flexibility index (Phi) is 5.98. The van der Waals surface area contributed by atoms with E-state index in [0.717, 1.165) is 0 Å². The third-order valence-corrected chi connectivity index (χ3v) is 2.29. The van der Waals surface area contributed by atoms with Crippen LogP contribution in [0.1, 0.15) is 24.2 Å². The van der Waals surface area contributed by atoms with Gasteiger partial charge in [0.15, 0.2) is 0 Å². The fourth-order valence-corrected chi connectivity index (χ4v) is 0.961.